The zero-order valence-electron chi connectivity index (χ0n) is 10.8. The van der Waals surface area contributed by atoms with E-state index in [1.165, 1.54) is 0 Å². The van der Waals surface area contributed by atoms with Gasteiger partial charge in [-0.3, -0.25) is 4.55 Å². The van der Waals surface area contributed by atoms with Crippen molar-refractivity contribution in [2.24, 2.45) is 0 Å². The Morgan fingerprint density at radius 3 is 2.63 bits per heavy atom. The topological polar surface area (TPSA) is 98.8 Å². The Morgan fingerprint density at radius 2 is 2.00 bits per heavy atom. The van der Waals surface area contributed by atoms with Crippen molar-refractivity contribution in [1.29, 1.82) is 0 Å². The van der Waals surface area contributed by atoms with Crippen LogP contribution in [0.1, 0.15) is 19.8 Å². The van der Waals surface area contributed by atoms with Gasteiger partial charge in [-0.2, -0.15) is 8.42 Å². The fraction of sp³-hybridized carbons (Fsp3) is 0.500. The lowest BCUT2D eigenvalue weighted by atomic mass is 10.3. The van der Waals surface area contributed by atoms with E-state index in [1.807, 2.05) is 0 Å². The Hall–Kier alpha value is -1.47. The molecule has 108 valence electrons. The van der Waals surface area contributed by atoms with E-state index in [-0.39, 0.29) is 6.61 Å². The molecule has 19 heavy (non-hydrogen) atoms. The van der Waals surface area contributed by atoms with E-state index in [2.05, 4.69) is 6.92 Å². The largest absolute Gasteiger partial charge is 0.492 e. The minimum Gasteiger partial charge on any atom is -0.492 e. The highest BCUT2D eigenvalue weighted by Crippen LogP contribution is 2.27. The molecule has 0 radical (unpaired) electrons. The minimum absolute atomic E-state index is 0.128. The Morgan fingerprint density at radius 1 is 1.26 bits per heavy atom. The number of benzene rings is 1. The number of nitrogens with two attached hydrogens (primary N) is 1. The summed E-state index contributed by atoms with van der Waals surface area (Å²) in [5.74, 6) is 0.505. The van der Waals surface area contributed by atoms with Gasteiger partial charge in [-0.1, -0.05) is 13.3 Å². The van der Waals surface area contributed by atoms with Crippen molar-refractivity contribution < 1.29 is 22.4 Å². The average molecular weight is 289 g/mol. The lowest BCUT2D eigenvalue weighted by Gasteiger charge is -2.11. The summed E-state index contributed by atoms with van der Waals surface area (Å²) in [6.45, 7) is 2.49. The molecule has 1 aromatic carbocycles. The maximum absolute atomic E-state index is 10.5. The SMILES string of the molecule is CCCCOc1cc(OCCS(=O)(=O)O)ccc1N. The fourth-order valence-corrected chi connectivity index (χ4v) is 1.61. The van der Waals surface area contributed by atoms with Crippen molar-refractivity contribution in [1.82, 2.24) is 0 Å². The van der Waals surface area contributed by atoms with Crippen molar-refractivity contribution in [3.05, 3.63) is 18.2 Å². The zero-order chi connectivity index (χ0) is 14.3. The van der Waals surface area contributed by atoms with Crippen molar-refractivity contribution >= 4 is 15.8 Å². The van der Waals surface area contributed by atoms with Gasteiger partial charge in [0.2, 0.25) is 0 Å². The molecule has 1 aromatic rings. The second-order valence-corrected chi connectivity index (χ2v) is 5.61. The van der Waals surface area contributed by atoms with Crippen LogP contribution in [-0.2, 0) is 10.1 Å². The second kappa shape index (κ2) is 7.20. The molecule has 0 aliphatic heterocycles. The van der Waals surface area contributed by atoms with Crippen LogP contribution in [-0.4, -0.2) is 31.9 Å². The van der Waals surface area contributed by atoms with Crippen LogP contribution in [0.2, 0.25) is 0 Å². The number of hydrogen-bond donors (Lipinski definition) is 2. The number of anilines is 1. The van der Waals surface area contributed by atoms with Crippen molar-refractivity contribution in [3.63, 3.8) is 0 Å². The molecule has 0 amide bonds. The third kappa shape index (κ3) is 6.30. The van der Waals surface area contributed by atoms with Gasteiger partial charge >= 0.3 is 0 Å². The first-order valence-electron chi connectivity index (χ1n) is 6.02. The zero-order valence-corrected chi connectivity index (χ0v) is 11.6. The number of nitrogen functional groups attached to an aromatic ring is 1. The van der Waals surface area contributed by atoms with Gasteiger partial charge in [0.15, 0.2) is 0 Å². The van der Waals surface area contributed by atoms with Crippen LogP contribution >= 0.6 is 0 Å². The van der Waals surface area contributed by atoms with Crippen LogP contribution in [0.4, 0.5) is 5.69 Å². The van der Waals surface area contributed by atoms with Crippen LogP contribution in [0, 0.1) is 0 Å². The van der Waals surface area contributed by atoms with Crippen molar-refractivity contribution in [2.45, 2.75) is 19.8 Å². The smallest absolute Gasteiger partial charge is 0.268 e. The van der Waals surface area contributed by atoms with Crippen molar-refractivity contribution in [3.8, 4) is 11.5 Å². The fourth-order valence-electron chi connectivity index (χ4n) is 1.32. The van der Waals surface area contributed by atoms with E-state index in [4.69, 9.17) is 19.8 Å². The summed E-state index contributed by atoms with van der Waals surface area (Å²) in [7, 11) is -4.01. The Kier molecular flexibility index (Phi) is 5.91. The Balaban J connectivity index is 2.57. The molecule has 0 spiro atoms. The molecule has 0 saturated carbocycles. The highest BCUT2D eigenvalue weighted by atomic mass is 32.2. The molecular weight excluding hydrogens is 270 g/mol. The lowest BCUT2D eigenvalue weighted by Crippen LogP contribution is -2.12. The molecule has 0 unspecified atom stereocenters. The molecule has 0 saturated heterocycles. The van der Waals surface area contributed by atoms with Gasteiger partial charge in [-0.15, -0.1) is 0 Å². The maximum atomic E-state index is 10.5. The van der Waals surface area contributed by atoms with Crippen LogP contribution in [0.5, 0.6) is 11.5 Å². The van der Waals surface area contributed by atoms with E-state index in [1.54, 1.807) is 18.2 Å². The normalized spacial score (nSPS) is 11.3. The Bertz CT molecular complexity index is 501. The van der Waals surface area contributed by atoms with E-state index in [0.29, 0.717) is 23.8 Å². The van der Waals surface area contributed by atoms with E-state index >= 15 is 0 Å². The molecule has 0 aliphatic carbocycles. The van der Waals surface area contributed by atoms with Gasteiger partial charge in [-0.25, -0.2) is 0 Å². The van der Waals surface area contributed by atoms with Crippen molar-refractivity contribution in [2.75, 3.05) is 24.7 Å². The molecule has 1 rings (SSSR count). The van der Waals surface area contributed by atoms with Crippen LogP contribution in [0.15, 0.2) is 18.2 Å². The second-order valence-electron chi connectivity index (χ2n) is 4.04. The monoisotopic (exact) mass is 289 g/mol. The Labute approximate surface area is 113 Å². The molecule has 0 heterocycles. The van der Waals surface area contributed by atoms with Gasteiger partial charge in [0, 0.05) is 6.07 Å². The molecule has 7 heteroatoms. The molecule has 3 N–H and O–H groups in total. The standard InChI is InChI=1S/C12H19NO5S/c1-2-3-6-18-12-9-10(4-5-11(12)13)17-7-8-19(14,15)16/h4-5,9H,2-3,6-8,13H2,1H3,(H,14,15,16). The van der Waals surface area contributed by atoms with E-state index < -0.39 is 15.9 Å². The third-order valence-electron chi connectivity index (χ3n) is 2.35. The lowest BCUT2D eigenvalue weighted by molar-refractivity contribution is 0.304. The van der Waals surface area contributed by atoms with Gasteiger partial charge in [0.25, 0.3) is 10.1 Å². The van der Waals surface area contributed by atoms with E-state index in [9.17, 15) is 8.42 Å². The predicted octanol–water partition coefficient (Wildman–Crippen LogP) is 1.71. The molecule has 6 nitrogen and oxygen atoms in total. The highest BCUT2D eigenvalue weighted by molar-refractivity contribution is 7.85. The summed E-state index contributed by atoms with van der Waals surface area (Å²) in [6.07, 6.45) is 1.94. The molecule has 0 fully saturated rings. The first kappa shape index (κ1) is 15.6. The molecule has 0 aromatic heterocycles. The van der Waals surface area contributed by atoms with E-state index in [0.717, 1.165) is 12.8 Å². The van der Waals surface area contributed by atoms with Crippen LogP contribution < -0.4 is 15.2 Å². The molecular formula is C12H19NO5S. The predicted molar refractivity (Wildman–Crippen MR) is 73.2 cm³/mol. The van der Waals surface area contributed by atoms with Gasteiger partial charge in [-0.05, 0) is 18.6 Å². The molecule has 0 bridgehead atoms. The number of unbranched alkanes of at least 4 members (excludes halogenated alkanes) is 1. The quantitative estimate of drug-likeness (QED) is 0.429. The number of rotatable bonds is 8. The minimum atomic E-state index is -4.01. The number of ether oxygens (including phenoxy) is 2. The first-order valence-corrected chi connectivity index (χ1v) is 7.63. The summed E-state index contributed by atoms with van der Waals surface area (Å²) < 4.78 is 40.4. The van der Waals surface area contributed by atoms with Gasteiger partial charge < -0.3 is 15.2 Å². The van der Waals surface area contributed by atoms with Gasteiger partial charge in [0.1, 0.15) is 23.9 Å². The first-order chi connectivity index (χ1) is 8.92. The maximum Gasteiger partial charge on any atom is 0.268 e. The summed E-state index contributed by atoms with van der Waals surface area (Å²) in [6, 6.07) is 4.85. The average Bonchev–Trinajstić information content (AvgIpc) is 2.31. The summed E-state index contributed by atoms with van der Waals surface area (Å²) >= 11 is 0. The summed E-state index contributed by atoms with van der Waals surface area (Å²) in [4.78, 5) is 0. The summed E-state index contributed by atoms with van der Waals surface area (Å²) in [5.41, 5.74) is 6.25. The number of hydrogen-bond acceptors (Lipinski definition) is 5. The molecule has 0 atom stereocenters. The van der Waals surface area contributed by atoms with Crippen LogP contribution in [0.3, 0.4) is 0 Å². The highest BCUT2D eigenvalue weighted by Gasteiger charge is 2.07. The summed E-state index contributed by atoms with van der Waals surface area (Å²) in [5, 5.41) is 0. The molecule has 0 aliphatic rings. The third-order valence-corrected chi connectivity index (χ3v) is 3.03. The van der Waals surface area contributed by atoms with Gasteiger partial charge in [0.05, 0.1) is 12.3 Å². The van der Waals surface area contributed by atoms with Crippen LogP contribution in [0.25, 0.3) is 0 Å².